The number of allylic oxidation sites excluding steroid dienone is 2. The van der Waals surface area contributed by atoms with Crippen LogP contribution < -0.4 is 10.6 Å². The van der Waals surface area contributed by atoms with Crippen LogP contribution in [0.25, 0.3) is 0 Å². The standard InChI is InChI=1S/C16H14N4O2/c21-15-11-6-5-10(7-12(11)16(22)18-15)17-14-8-13(19-20-14)9-3-1-2-4-9/h1,3,5-9H,2,4H2,(H2,17,19,20)(H,18,21,22)/t9-/m1/s1. The number of fused-ring (bicyclic) bond motifs is 1. The van der Waals surface area contributed by atoms with Crippen LogP contribution in [0.3, 0.4) is 0 Å². The van der Waals surface area contributed by atoms with Gasteiger partial charge in [-0.2, -0.15) is 5.10 Å². The molecule has 4 rings (SSSR count). The van der Waals surface area contributed by atoms with Crippen LogP contribution >= 0.6 is 0 Å². The van der Waals surface area contributed by atoms with E-state index >= 15 is 0 Å². The molecule has 22 heavy (non-hydrogen) atoms. The van der Waals surface area contributed by atoms with Gasteiger partial charge in [-0.15, -0.1) is 0 Å². The zero-order chi connectivity index (χ0) is 15.1. The second-order valence-corrected chi connectivity index (χ2v) is 5.49. The fourth-order valence-electron chi connectivity index (χ4n) is 2.87. The molecule has 6 nitrogen and oxygen atoms in total. The molecule has 3 N–H and O–H groups in total. The number of carbonyl (C=O) groups is 2. The summed E-state index contributed by atoms with van der Waals surface area (Å²) in [6.07, 6.45) is 6.52. The van der Waals surface area contributed by atoms with Crippen molar-refractivity contribution in [1.29, 1.82) is 0 Å². The highest BCUT2D eigenvalue weighted by molar-refractivity contribution is 6.21. The summed E-state index contributed by atoms with van der Waals surface area (Å²) in [5.74, 6) is 0.434. The van der Waals surface area contributed by atoms with Crippen molar-refractivity contribution in [1.82, 2.24) is 15.5 Å². The first-order valence-corrected chi connectivity index (χ1v) is 7.19. The normalized spacial score (nSPS) is 19.4. The summed E-state index contributed by atoms with van der Waals surface area (Å²) in [6, 6.07) is 7.06. The summed E-state index contributed by atoms with van der Waals surface area (Å²) in [5.41, 5.74) is 2.55. The first-order chi connectivity index (χ1) is 10.7. The number of nitrogens with one attached hydrogen (secondary N) is 3. The van der Waals surface area contributed by atoms with Crippen molar-refractivity contribution in [3.05, 3.63) is 53.2 Å². The van der Waals surface area contributed by atoms with Crippen molar-refractivity contribution in [2.24, 2.45) is 0 Å². The van der Waals surface area contributed by atoms with Crippen LogP contribution in [-0.2, 0) is 0 Å². The molecule has 0 saturated heterocycles. The van der Waals surface area contributed by atoms with Crippen molar-refractivity contribution >= 4 is 23.3 Å². The fraction of sp³-hybridized carbons (Fsp3) is 0.188. The van der Waals surface area contributed by atoms with E-state index in [9.17, 15) is 9.59 Å². The zero-order valence-electron chi connectivity index (χ0n) is 11.7. The summed E-state index contributed by atoms with van der Waals surface area (Å²) in [6.45, 7) is 0. The molecule has 2 amide bonds. The Morgan fingerprint density at radius 2 is 2.00 bits per heavy atom. The third kappa shape index (κ3) is 2.09. The number of H-pyrrole nitrogens is 1. The Hall–Kier alpha value is -2.89. The number of rotatable bonds is 3. The van der Waals surface area contributed by atoms with Crippen LogP contribution in [0.15, 0.2) is 36.4 Å². The highest BCUT2D eigenvalue weighted by Gasteiger charge is 2.26. The minimum Gasteiger partial charge on any atom is -0.341 e. The van der Waals surface area contributed by atoms with Crippen LogP contribution in [0.4, 0.5) is 11.5 Å². The topological polar surface area (TPSA) is 86.9 Å². The van der Waals surface area contributed by atoms with Crippen molar-refractivity contribution in [3.63, 3.8) is 0 Å². The maximum atomic E-state index is 11.7. The van der Waals surface area contributed by atoms with Gasteiger partial charge in [-0.05, 0) is 31.0 Å². The van der Waals surface area contributed by atoms with E-state index in [-0.39, 0.29) is 11.8 Å². The van der Waals surface area contributed by atoms with Gasteiger partial charge < -0.3 is 5.32 Å². The summed E-state index contributed by atoms with van der Waals surface area (Å²) < 4.78 is 0. The molecule has 110 valence electrons. The smallest absolute Gasteiger partial charge is 0.259 e. The predicted molar refractivity (Wildman–Crippen MR) is 81.2 cm³/mol. The molecular weight excluding hydrogens is 280 g/mol. The second-order valence-electron chi connectivity index (χ2n) is 5.49. The fourth-order valence-corrected chi connectivity index (χ4v) is 2.87. The van der Waals surface area contributed by atoms with Gasteiger partial charge in [0.2, 0.25) is 0 Å². The second kappa shape index (κ2) is 4.84. The largest absolute Gasteiger partial charge is 0.341 e. The zero-order valence-corrected chi connectivity index (χ0v) is 11.7. The molecule has 1 aliphatic carbocycles. The molecule has 1 atom stereocenters. The summed E-state index contributed by atoms with van der Waals surface area (Å²) in [4.78, 5) is 23.2. The highest BCUT2D eigenvalue weighted by atomic mass is 16.2. The summed E-state index contributed by atoms with van der Waals surface area (Å²) in [7, 11) is 0. The van der Waals surface area contributed by atoms with Crippen molar-refractivity contribution in [3.8, 4) is 0 Å². The van der Waals surface area contributed by atoms with E-state index in [4.69, 9.17) is 0 Å². The van der Waals surface area contributed by atoms with Crippen LogP contribution in [-0.4, -0.2) is 22.0 Å². The number of hydrogen-bond donors (Lipinski definition) is 3. The number of amides is 2. The minimum absolute atomic E-state index is 0.344. The molecular formula is C16H14N4O2. The van der Waals surface area contributed by atoms with E-state index in [1.165, 1.54) is 0 Å². The number of aromatic amines is 1. The molecule has 0 spiro atoms. The number of carbonyl (C=O) groups excluding carboxylic acids is 2. The van der Waals surface area contributed by atoms with Crippen LogP contribution in [0.1, 0.15) is 45.2 Å². The Morgan fingerprint density at radius 3 is 2.82 bits per heavy atom. The minimum atomic E-state index is -0.356. The first-order valence-electron chi connectivity index (χ1n) is 7.19. The van der Waals surface area contributed by atoms with E-state index < -0.39 is 0 Å². The lowest BCUT2D eigenvalue weighted by Crippen LogP contribution is -2.19. The molecule has 2 aromatic rings. The lowest BCUT2D eigenvalue weighted by molar-refractivity contribution is 0.0879. The molecule has 1 aromatic carbocycles. The van der Waals surface area contributed by atoms with Gasteiger partial charge in [0.05, 0.1) is 16.8 Å². The quantitative estimate of drug-likeness (QED) is 0.599. The molecule has 1 aromatic heterocycles. The molecule has 6 heteroatoms. The third-order valence-corrected chi connectivity index (χ3v) is 4.01. The van der Waals surface area contributed by atoms with Gasteiger partial charge in [-0.3, -0.25) is 20.0 Å². The number of imide groups is 1. The van der Waals surface area contributed by atoms with Crippen molar-refractivity contribution < 1.29 is 9.59 Å². The van der Waals surface area contributed by atoms with Gasteiger partial charge in [0.25, 0.3) is 11.8 Å². The molecule has 2 heterocycles. The van der Waals surface area contributed by atoms with Crippen LogP contribution in [0.2, 0.25) is 0 Å². The SMILES string of the molecule is O=C1NC(=O)c2cc(Nc3cc([C@@H]4C=CCC4)n[nH]3)ccc21. The molecule has 0 saturated carbocycles. The van der Waals surface area contributed by atoms with Crippen LogP contribution in [0.5, 0.6) is 0 Å². The summed E-state index contributed by atoms with van der Waals surface area (Å²) in [5, 5.41) is 12.7. The lowest BCUT2D eigenvalue weighted by atomic mass is 10.1. The van der Waals surface area contributed by atoms with E-state index in [2.05, 4.69) is 33.0 Å². The van der Waals surface area contributed by atoms with E-state index in [0.29, 0.717) is 17.0 Å². The average molecular weight is 294 g/mol. The molecule has 0 radical (unpaired) electrons. The Labute approximate surface area is 126 Å². The molecule has 2 aliphatic rings. The van der Waals surface area contributed by atoms with E-state index in [1.807, 2.05) is 6.07 Å². The van der Waals surface area contributed by atoms with Gasteiger partial charge in [-0.1, -0.05) is 12.2 Å². The number of anilines is 2. The number of hydrogen-bond acceptors (Lipinski definition) is 4. The van der Waals surface area contributed by atoms with Crippen LogP contribution in [0, 0.1) is 0 Å². The maximum absolute atomic E-state index is 11.7. The van der Waals surface area contributed by atoms with E-state index in [0.717, 1.165) is 30.0 Å². The molecule has 1 aliphatic heterocycles. The van der Waals surface area contributed by atoms with Gasteiger partial charge in [0, 0.05) is 17.7 Å². The van der Waals surface area contributed by atoms with Gasteiger partial charge in [-0.25, -0.2) is 0 Å². The van der Waals surface area contributed by atoms with Crippen molar-refractivity contribution in [2.75, 3.05) is 5.32 Å². The highest BCUT2D eigenvalue weighted by Crippen LogP contribution is 2.29. The number of nitrogens with zero attached hydrogens (tertiary/aromatic N) is 1. The Bertz CT molecular complexity index is 806. The molecule has 0 bridgehead atoms. The Kier molecular flexibility index (Phi) is 2.82. The third-order valence-electron chi connectivity index (χ3n) is 4.01. The Balaban J connectivity index is 1.57. The monoisotopic (exact) mass is 294 g/mol. The maximum Gasteiger partial charge on any atom is 0.259 e. The molecule has 0 fully saturated rings. The van der Waals surface area contributed by atoms with Gasteiger partial charge >= 0.3 is 0 Å². The van der Waals surface area contributed by atoms with Gasteiger partial charge in [0.1, 0.15) is 5.82 Å². The lowest BCUT2D eigenvalue weighted by Gasteiger charge is -2.04. The van der Waals surface area contributed by atoms with Gasteiger partial charge in [0.15, 0.2) is 0 Å². The first kappa shape index (κ1) is 12.8. The Morgan fingerprint density at radius 1 is 1.14 bits per heavy atom. The number of benzene rings is 1. The van der Waals surface area contributed by atoms with Crippen molar-refractivity contribution in [2.45, 2.75) is 18.8 Å². The number of aromatic nitrogens is 2. The van der Waals surface area contributed by atoms with E-state index in [1.54, 1.807) is 18.2 Å². The average Bonchev–Trinajstić information content (AvgIpc) is 3.21. The molecule has 0 unspecified atom stereocenters. The predicted octanol–water partition coefficient (Wildman–Crippen LogP) is 2.47. The summed E-state index contributed by atoms with van der Waals surface area (Å²) >= 11 is 0.